The van der Waals surface area contributed by atoms with Crippen molar-refractivity contribution >= 4 is 22.9 Å². The number of aryl methyl sites for hydroxylation is 1. The van der Waals surface area contributed by atoms with E-state index in [2.05, 4.69) is 15.3 Å². The van der Waals surface area contributed by atoms with Gasteiger partial charge in [0.2, 0.25) is 0 Å². The van der Waals surface area contributed by atoms with Crippen LogP contribution in [0, 0.1) is 0 Å². The van der Waals surface area contributed by atoms with Crippen LogP contribution in [0.5, 0.6) is 0 Å². The molecule has 3 heterocycles. The van der Waals surface area contributed by atoms with Gasteiger partial charge in [0.05, 0.1) is 17.7 Å². The molecular weight excluding hydrogens is 607 g/mol. The second kappa shape index (κ2) is 13.6. The van der Waals surface area contributed by atoms with Crippen molar-refractivity contribution in [2.45, 2.75) is 44.7 Å². The van der Waals surface area contributed by atoms with Crippen LogP contribution >= 0.6 is 11.3 Å². The molecule has 0 saturated carbocycles. The average Bonchev–Trinajstić information content (AvgIpc) is 3.72. The molecule has 9 nitrogen and oxygen atoms in total. The van der Waals surface area contributed by atoms with E-state index in [9.17, 15) is 27.9 Å². The Hall–Kier alpha value is -4.59. The van der Waals surface area contributed by atoms with Crippen molar-refractivity contribution in [3.63, 3.8) is 0 Å². The largest absolute Gasteiger partial charge is 0.416 e. The second-order valence-electron chi connectivity index (χ2n) is 10.3. The summed E-state index contributed by atoms with van der Waals surface area (Å²) in [5, 5.41) is 16.1. The maximum absolute atomic E-state index is 13.6. The van der Waals surface area contributed by atoms with E-state index in [1.807, 2.05) is 30.3 Å². The number of nitrogens with zero attached hydrogens (tertiary/aromatic N) is 4. The van der Waals surface area contributed by atoms with Gasteiger partial charge in [0.25, 0.3) is 11.5 Å². The van der Waals surface area contributed by atoms with Gasteiger partial charge >= 0.3 is 6.18 Å². The van der Waals surface area contributed by atoms with Gasteiger partial charge in [-0.05, 0) is 42.2 Å². The van der Waals surface area contributed by atoms with Crippen LogP contribution in [0.3, 0.4) is 0 Å². The molecule has 0 aliphatic heterocycles. The summed E-state index contributed by atoms with van der Waals surface area (Å²) in [4.78, 5) is 34.1. The Balaban J connectivity index is 1.45. The number of anilines is 1. The van der Waals surface area contributed by atoms with Crippen molar-refractivity contribution in [2.24, 2.45) is 0 Å². The van der Waals surface area contributed by atoms with E-state index in [1.54, 1.807) is 23.1 Å². The highest BCUT2D eigenvalue weighted by Crippen LogP contribution is 2.37. The molecule has 0 aliphatic rings. The van der Waals surface area contributed by atoms with Crippen LogP contribution in [-0.4, -0.2) is 36.7 Å². The summed E-state index contributed by atoms with van der Waals surface area (Å²) in [7, 11) is 0. The Morgan fingerprint density at radius 2 is 1.84 bits per heavy atom. The fourth-order valence-electron chi connectivity index (χ4n) is 4.83. The Morgan fingerprint density at radius 3 is 2.53 bits per heavy atom. The summed E-state index contributed by atoms with van der Waals surface area (Å²) in [5.41, 5.74) is -0.307. The predicted molar refractivity (Wildman–Crippen MR) is 163 cm³/mol. The first-order valence-electron chi connectivity index (χ1n) is 14.1. The van der Waals surface area contributed by atoms with E-state index in [-0.39, 0.29) is 35.0 Å². The highest BCUT2D eigenvalue weighted by atomic mass is 32.1. The van der Waals surface area contributed by atoms with Gasteiger partial charge in [0, 0.05) is 42.7 Å². The number of aliphatic hydroxyl groups is 1. The van der Waals surface area contributed by atoms with Crippen molar-refractivity contribution in [1.82, 2.24) is 19.1 Å². The number of amides is 1. The monoisotopic (exact) mass is 637 g/mol. The van der Waals surface area contributed by atoms with Crippen LogP contribution in [-0.2, 0) is 29.7 Å². The molecule has 3 aromatic heterocycles. The molecule has 0 aliphatic carbocycles. The summed E-state index contributed by atoms with van der Waals surface area (Å²) in [6, 6.07) is 16.9. The van der Waals surface area contributed by atoms with Crippen LogP contribution in [0.15, 0.2) is 94.8 Å². The minimum absolute atomic E-state index is 0.00571. The molecule has 2 aromatic carbocycles. The number of imidazole rings is 1. The van der Waals surface area contributed by atoms with E-state index < -0.39 is 28.8 Å². The van der Waals surface area contributed by atoms with E-state index in [0.717, 1.165) is 17.7 Å². The number of alkyl halides is 3. The maximum atomic E-state index is 13.6. The fourth-order valence-corrected chi connectivity index (χ4v) is 5.36. The van der Waals surface area contributed by atoms with Crippen LogP contribution in [0.25, 0.3) is 5.82 Å². The lowest BCUT2D eigenvalue weighted by atomic mass is 9.89. The summed E-state index contributed by atoms with van der Waals surface area (Å²) in [5.74, 6) is -0.241. The number of hydrogen-bond donors (Lipinski definition) is 2. The van der Waals surface area contributed by atoms with E-state index in [1.165, 1.54) is 51.9 Å². The molecule has 0 radical (unpaired) electrons. The maximum Gasteiger partial charge on any atom is 0.416 e. The normalized spacial score (nSPS) is 13.0. The molecule has 5 aromatic rings. The molecule has 5 rings (SSSR count). The number of aromatic nitrogens is 4. The van der Waals surface area contributed by atoms with Gasteiger partial charge in [-0.15, -0.1) is 11.3 Å². The van der Waals surface area contributed by atoms with E-state index in [0.29, 0.717) is 26.2 Å². The van der Waals surface area contributed by atoms with Gasteiger partial charge in [-0.1, -0.05) is 49.4 Å². The fraction of sp³-hybridized carbons (Fsp3) is 0.250. The molecule has 2 N–H and O–H groups in total. The smallest absolute Gasteiger partial charge is 0.377 e. The molecule has 1 atom stereocenters. The van der Waals surface area contributed by atoms with Gasteiger partial charge in [0.15, 0.2) is 5.82 Å². The minimum Gasteiger partial charge on any atom is -0.377 e. The number of ether oxygens (including phenoxy) is 1. The highest BCUT2D eigenvalue weighted by Gasteiger charge is 2.38. The molecule has 234 valence electrons. The first-order chi connectivity index (χ1) is 21.6. The van der Waals surface area contributed by atoms with Crippen LogP contribution in [0.2, 0.25) is 0 Å². The number of benzene rings is 2. The standard InChI is InChI=1S/C32H30F3N5O4S/c1-2-31(43,23-10-6-11-24(16-23)32(33,34)35)30-38-27(18-39(30)13-7-15-44-19-22-8-4-3-5-9-22)40-14-12-25(17-28(40)41)37-29(42)26-20-45-21-36-26/h3-6,8-12,14,16-18,20-21,43H,2,7,13,15,19H2,1H3,(H,37,42). The Morgan fingerprint density at radius 1 is 1.07 bits per heavy atom. The number of halogens is 3. The van der Waals surface area contributed by atoms with E-state index >= 15 is 0 Å². The number of nitrogens with one attached hydrogen (secondary N) is 1. The third-order valence-corrected chi connectivity index (χ3v) is 7.79. The van der Waals surface area contributed by atoms with Crippen molar-refractivity contribution in [2.75, 3.05) is 11.9 Å². The third kappa shape index (κ3) is 7.39. The Bertz CT molecular complexity index is 1810. The van der Waals surface area contributed by atoms with E-state index in [4.69, 9.17) is 4.74 Å². The van der Waals surface area contributed by atoms with Crippen LogP contribution in [0.4, 0.5) is 18.9 Å². The highest BCUT2D eigenvalue weighted by molar-refractivity contribution is 7.07. The number of carbonyl (C=O) groups excluding carboxylic acids is 1. The number of carbonyl (C=O) groups is 1. The Labute approximate surface area is 260 Å². The summed E-state index contributed by atoms with van der Waals surface area (Å²) < 4.78 is 49.4. The molecule has 13 heteroatoms. The lowest BCUT2D eigenvalue weighted by Crippen LogP contribution is -2.31. The topological polar surface area (TPSA) is 111 Å². The number of hydrogen-bond acceptors (Lipinski definition) is 7. The van der Waals surface area contributed by atoms with Gasteiger partial charge < -0.3 is 19.7 Å². The average molecular weight is 638 g/mol. The molecular formula is C32H30F3N5O4S. The number of pyridine rings is 1. The van der Waals surface area contributed by atoms with Crippen molar-refractivity contribution in [3.8, 4) is 5.82 Å². The van der Waals surface area contributed by atoms with Crippen LogP contribution in [0.1, 0.15) is 52.8 Å². The lowest BCUT2D eigenvalue weighted by Gasteiger charge is -2.28. The van der Waals surface area contributed by atoms with Gasteiger partial charge in [-0.2, -0.15) is 13.2 Å². The zero-order chi connectivity index (χ0) is 32.0. The zero-order valence-electron chi connectivity index (χ0n) is 24.2. The molecule has 1 unspecified atom stereocenters. The Kier molecular flexibility index (Phi) is 9.61. The molecule has 0 spiro atoms. The van der Waals surface area contributed by atoms with Gasteiger partial charge in [-0.25, -0.2) is 9.97 Å². The summed E-state index contributed by atoms with van der Waals surface area (Å²) >= 11 is 1.26. The quantitative estimate of drug-likeness (QED) is 0.162. The first-order valence-corrected chi connectivity index (χ1v) is 15.0. The number of thiazole rings is 1. The predicted octanol–water partition coefficient (Wildman–Crippen LogP) is 6.01. The lowest BCUT2D eigenvalue weighted by molar-refractivity contribution is -0.137. The van der Waals surface area contributed by atoms with Gasteiger partial charge in [-0.3, -0.25) is 14.2 Å². The summed E-state index contributed by atoms with van der Waals surface area (Å²) in [6.07, 6.45) is -1.12. The third-order valence-electron chi connectivity index (χ3n) is 7.20. The van der Waals surface area contributed by atoms with Crippen molar-refractivity contribution in [3.05, 3.63) is 129 Å². The van der Waals surface area contributed by atoms with Crippen molar-refractivity contribution < 1.29 is 27.8 Å². The minimum atomic E-state index is -4.61. The number of rotatable bonds is 12. The zero-order valence-corrected chi connectivity index (χ0v) is 25.0. The first kappa shape index (κ1) is 31.8. The molecule has 0 fully saturated rings. The van der Waals surface area contributed by atoms with Crippen molar-refractivity contribution in [1.29, 1.82) is 0 Å². The summed E-state index contributed by atoms with van der Waals surface area (Å²) in [6.45, 7) is 2.72. The van der Waals surface area contributed by atoms with Crippen LogP contribution < -0.4 is 10.9 Å². The second-order valence-corrected chi connectivity index (χ2v) is 11.0. The molecule has 0 bridgehead atoms. The molecule has 1 amide bonds. The SMILES string of the molecule is CCC(O)(c1cccc(C(F)(F)F)c1)c1nc(-n2ccc(NC(=O)c3cscn3)cc2=O)cn1CCCOCc1ccccc1. The molecule has 0 saturated heterocycles. The van der Waals surface area contributed by atoms with Gasteiger partial charge in [0.1, 0.15) is 17.1 Å². The molecule has 45 heavy (non-hydrogen) atoms.